The molecule has 4 heteroatoms. The highest BCUT2D eigenvalue weighted by Crippen LogP contribution is 2.23. The van der Waals surface area contributed by atoms with E-state index in [1.165, 1.54) is 5.56 Å². The summed E-state index contributed by atoms with van der Waals surface area (Å²) in [5.74, 6) is 0.169. The fraction of sp³-hybridized carbons (Fsp3) is 0.154. The lowest BCUT2D eigenvalue weighted by atomic mass is 10.1. The zero-order chi connectivity index (χ0) is 21.5. The zero-order valence-corrected chi connectivity index (χ0v) is 17.4. The molecule has 0 aromatic heterocycles. The van der Waals surface area contributed by atoms with Crippen LogP contribution >= 0.6 is 0 Å². The molecule has 150 valence electrons. The summed E-state index contributed by atoms with van der Waals surface area (Å²) in [6, 6.07) is 23.2. The van der Waals surface area contributed by atoms with Crippen LogP contribution in [-0.2, 0) is 11.4 Å². The first-order valence-corrected chi connectivity index (χ1v) is 9.74. The van der Waals surface area contributed by atoms with Gasteiger partial charge in [-0.1, -0.05) is 65.7 Å². The van der Waals surface area contributed by atoms with E-state index in [1.54, 1.807) is 6.08 Å². The maximum Gasteiger partial charge on any atom is 0.266 e. The van der Waals surface area contributed by atoms with Gasteiger partial charge in [0.2, 0.25) is 0 Å². The van der Waals surface area contributed by atoms with Crippen LogP contribution in [0.1, 0.15) is 27.8 Å². The molecule has 0 aliphatic carbocycles. The molecule has 0 bridgehead atoms. The largest absolute Gasteiger partial charge is 0.488 e. The lowest BCUT2D eigenvalue weighted by Crippen LogP contribution is -2.14. The second kappa shape index (κ2) is 9.58. The highest BCUT2D eigenvalue weighted by molar-refractivity contribution is 6.10. The number of benzene rings is 3. The molecule has 1 amide bonds. The van der Waals surface area contributed by atoms with Gasteiger partial charge in [0.05, 0.1) is 0 Å². The van der Waals surface area contributed by atoms with Crippen molar-refractivity contribution in [1.29, 1.82) is 5.26 Å². The van der Waals surface area contributed by atoms with E-state index in [1.807, 2.05) is 93.6 Å². The van der Waals surface area contributed by atoms with Gasteiger partial charge in [-0.25, -0.2) is 0 Å². The summed E-state index contributed by atoms with van der Waals surface area (Å²) in [5, 5.41) is 12.4. The highest BCUT2D eigenvalue weighted by Gasteiger charge is 2.12. The molecule has 0 radical (unpaired) electrons. The summed E-state index contributed by atoms with van der Waals surface area (Å²) >= 11 is 0. The van der Waals surface area contributed by atoms with Gasteiger partial charge in [-0.15, -0.1) is 0 Å². The first-order chi connectivity index (χ1) is 14.5. The molecule has 0 atom stereocenters. The number of hydrogen-bond acceptors (Lipinski definition) is 3. The topological polar surface area (TPSA) is 62.1 Å². The van der Waals surface area contributed by atoms with Crippen LogP contribution in [0.3, 0.4) is 0 Å². The van der Waals surface area contributed by atoms with Crippen LogP contribution in [0.5, 0.6) is 5.75 Å². The Hall–Kier alpha value is -3.84. The molecule has 0 fully saturated rings. The van der Waals surface area contributed by atoms with E-state index in [4.69, 9.17) is 4.74 Å². The van der Waals surface area contributed by atoms with E-state index in [0.717, 1.165) is 16.7 Å². The Balaban J connectivity index is 1.79. The molecular formula is C26H24N2O2. The van der Waals surface area contributed by atoms with Crippen molar-refractivity contribution in [1.82, 2.24) is 0 Å². The predicted molar refractivity (Wildman–Crippen MR) is 120 cm³/mol. The number of anilines is 1. The normalized spacial score (nSPS) is 10.9. The monoisotopic (exact) mass is 396 g/mol. The Bertz CT molecular complexity index is 1120. The number of nitrogens with zero attached hydrogens (tertiary/aromatic N) is 1. The van der Waals surface area contributed by atoms with Gasteiger partial charge in [0, 0.05) is 11.3 Å². The van der Waals surface area contributed by atoms with Crippen molar-refractivity contribution in [3.05, 3.63) is 100 Å². The molecule has 30 heavy (non-hydrogen) atoms. The molecule has 4 nitrogen and oxygen atoms in total. The van der Waals surface area contributed by atoms with E-state index in [0.29, 0.717) is 23.6 Å². The molecule has 3 rings (SSSR count). The summed E-state index contributed by atoms with van der Waals surface area (Å²) < 4.78 is 5.95. The standard InChI is InChI=1S/C26H24N2O2/c1-18-8-11-21(12-9-18)17-30-25-7-5-4-6-22(25)15-23(16-27)26(29)28-24-13-10-19(2)14-20(24)3/h4-15H,17H2,1-3H3,(H,28,29)/b23-15+. The quantitative estimate of drug-likeness (QED) is 0.427. The third-order valence-corrected chi connectivity index (χ3v) is 4.73. The number of carbonyl (C=O) groups is 1. The Morgan fingerprint density at radius 2 is 1.70 bits per heavy atom. The zero-order valence-electron chi connectivity index (χ0n) is 17.4. The number of rotatable bonds is 6. The number of ether oxygens (including phenoxy) is 1. The fourth-order valence-corrected chi connectivity index (χ4v) is 3.02. The lowest BCUT2D eigenvalue weighted by Gasteiger charge is -2.11. The SMILES string of the molecule is Cc1ccc(COc2ccccc2/C=C(\C#N)C(=O)Nc2ccc(C)cc2C)cc1. The van der Waals surface area contributed by atoms with Crippen LogP contribution in [0.15, 0.2) is 72.3 Å². The van der Waals surface area contributed by atoms with E-state index < -0.39 is 5.91 Å². The van der Waals surface area contributed by atoms with Crippen molar-refractivity contribution in [2.75, 3.05) is 5.32 Å². The average molecular weight is 396 g/mol. The first-order valence-electron chi connectivity index (χ1n) is 9.74. The van der Waals surface area contributed by atoms with Gasteiger partial charge < -0.3 is 10.1 Å². The smallest absolute Gasteiger partial charge is 0.266 e. The predicted octanol–water partition coefficient (Wildman–Crippen LogP) is 5.74. The summed E-state index contributed by atoms with van der Waals surface area (Å²) in [4.78, 5) is 12.7. The van der Waals surface area contributed by atoms with Gasteiger partial charge in [-0.05, 0) is 50.1 Å². The van der Waals surface area contributed by atoms with Gasteiger partial charge in [-0.3, -0.25) is 4.79 Å². The third-order valence-electron chi connectivity index (χ3n) is 4.73. The van der Waals surface area contributed by atoms with Gasteiger partial charge >= 0.3 is 0 Å². The number of para-hydroxylation sites is 1. The maximum atomic E-state index is 12.7. The van der Waals surface area contributed by atoms with Crippen molar-refractivity contribution < 1.29 is 9.53 Å². The maximum absolute atomic E-state index is 12.7. The van der Waals surface area contributed by atoms with Crippen LogP contribution in [0.25, 0.3) is 6.08 Å². The minimum absolute atomic E-state index is 0.0151. The molecule has 0 aliphatic rings. The molecule has 0 unspecified atom stereocenters. The van der Waals surface area contributed by atoms with Gasteiger partial charge in [0.25, 0.3) is 5.91 Å². The number of carbonyl (C=O) groups excluding carboxylic acids is 1. The number of nitrogens with one attached hydrogen (secondary N) is 1. The Labute approximate surface area is 177 Å². The van der Waals surface area contributed by atoms with Crippen LogP contribution in [-0.4, -0.2) is 5.91 Å². The third kappa shape index (κ3) is 5.36. The second-order valence-corrected chi connectivity index (χ2v) is 7.25. The molecule has 3 aromatic carbocycles. The van der Waals surface area contributed by atoms with Crippen LogP contribution < -0.4 is 10.1 Å². The fourth-order valence-electron chi connectivity index (χ4n) is 3.02. The molecule has 3 aromatic rings. The molecule has 0 saturated heterocycles. The number of nitriles is 1. The van der Waals surface area contributed by atoms with Crippen molar-refractivity contribution in [3.8, 4) is 11.8 Å². The molecule has 1 N–H and O–H groups in total. The minimum Gasteiger partial charge on any atom is -0.488 e. The molecule has 0 spiro atoms. The Morgan fingerprint density at radius 3 is 2.40 bits per heavy atom. The van der Waals surface area contributed by atoms with E-state index in [9.17, 15) is 10.1 Å². The van der Waals surface area contributed by atoms with Gasteiger partial charge in [0.15, 0.2) is 0 Å². The number of hydrogen-bond donors (Lipinski definition) is 1. The summed E-state index contributed by atoms with van der Waals surface area (Å²) in [6.07, 6.45) is 1.56. The van der Waals surface area contributed by atoms with Crippen LogP contribution in [0, 0.1) is 32.1 Å². The molecule has 0 aliphatic heterocycles. The molecular weight excluding hydrogens is 372 g/mol. The molecule has 0 saturated carbocycles. The van der Waals surface area contributed by atoms with E-state index >= 15 is 0 Å². The summed E-state index contributed by atoms with van der Waals surface area (Å²) in [6.45, 7) is 6.36. The minimum atomic E-state index is -0.446. The Morgan fingerprint density at radius 1 is 1.00 bits per heavy atom. The van der Waals surface area contributed by atoms with E-state index in [-0.39, 0.29) is 5.57 Å². The van der Waals surface area contributed by atoms with Crippen LogP contribution in [0.4, 0.5) is 5.69 Å². The second-order valence-electron chi connectivity index (χ2n) is 7.25. The first kappa shape index (κ1) is 20.9. The number of aryl methyl sites for hydroxylation is 3. The lowest BCUT2D eigenvalue weighted by molar-refractivity contribution is -0.112. The van der Waals surface area contributed by atoms with Crippen LogP contribution in [0.2, 0.25) is 0 Å². The van der Waals surface area contributed by atoms with Crippen molar-refractivity contribution in [3.63, 3.8) is 0 Å². The van der Waals surface area contributed by atoms with Gasteiger partial charge in [0.1, 0.15) is 24.0 Å². The highest BCUT2D eigenvalue weighted by atomic mass is 16.5. The van der Waals surface area contributed by atoms with Crippen molar-refractivity contribution in [2.45, 2.75) is 27.4 Å². The molecule has 0 heterocycles. The van der Waals surface area contributed by atoms with Crippen molar-refractivity contribution in [2.24, 2.45) is 0 Å². The average Bonchev–Trinajstić information content (AvgIpc) is 2.74. The van der Waals surface area contributed by atoms with Crippen molar-refractivity contribution >= 4 is 17.7 Å². The van der Waals surface area contributed by atoms with Gasteiger partial charge in [-0.2, -0.15) is 5.26 Å². The summed E-state index contributed by atoms with van der Waals surface area (Å²) in [5.41, 5.74) is 5.68. The van der Waals surface area contributed by atoms with E-state index in [2.05, 4.69) is 5.32 Å². The number of amides is 1. The Kier molecular flexibility index (Phi) is 6.67. The summed E-state index contributed by atoms with van der Waals surface area (Å²) in [7, 11) is 0.